The van der Waals surface area contributed by atoms with E-state index in [-0.39, 0.29) is 17.0 Å². The first-order valence-corrected chi connectivity index (χ1v) is 8.08. The first-order valence-electron chi connectivity index (χ1n) is 8.08. The van der Waals surface area contributed by atoms with Gasteiger partial charge in [-0.1, -0.05) is 25.1 Å². The minimum Gasteiger partial charge on any atom is -0.487 e. The molecule has 7 heteroatoms. The molecule has 0 aliphatic heterocycles. The topological polar surface area (TPSA) is 93.5 Å². The van der Waals surface area contributed by atoms with Gasteiger partial charge in [-0.05, 0) is 37.2 Å². The number of nitrogens with one attached hydrogen (secondary N) is 2. The van der Waals surface area contributed by atoms with Gasteiger partial charge in [0.1, 0.15) is 0 Å². The molecule has 0 fully saturated rings. The van der Waals surface area contributed by atoms with Crippen LogP contribution in [0.2, 0.25) is 0 Å². The summed E-state index contributed by atoms with van der Waals surface area (Å²) in [5.41, 5.74) is 1.59. The molecule has 132 valence electrons. The van der Waals surface area contributed by atoms with Crippen LogP contribution in [0, 0.1) is 10.1 Å². The number of nitrogens with zero attached hydrogens (tertiary/aromatic N) is 1. The molecular weight excluding hydrogens is 322 g/mol. The van der Waals surface area contributed by atoms with Crippen LogP contribution in [0.3, 0.4) is 0 Å². The first-order chi connectivity index (χ1) is 12.1. The predicted molar refractivity (Wildman–Crippen MR) is 96.0 cm³/mol. The second kappa shape index (κ2) is 8.79. The highest BCUT2D eigenvalue weighted by Gasteiger charge is 2.19. The summed E-state index contributed by atoms with van der Waals surface area (Å²) in [5, 5.41) is 17.2. The summed E-state index contributed by atoms with van der Waals surface area (Å²) in [6.45, 7) is 5.49. The van der Waals surface area contributed by atoms with E-state index in [0.29, 0.717) is 18.8 Å². The molecule has 25 heavy (non-hydrogen) atoms. The summed E-state index contributed by atoms with van der Waals surface area (Å²) >= 11 is 0. The molecule has 2 N–H and O–H groups in total. The number of nitro groups is 1. The van der Waals surface area contributed by atoms with Crippen molar-refractivity contribution in [3.8, 4) is 5.75 Å². The van der Waals surface area contributed by atoms with Gasteiger partial charge in [0.15, 0.2) is 5.75 Å². The van der Waals surface area contributed by atoms with Crippen molar-refractivity contribution in [1.29, 1.82) is 0 Å². The van der Waals surface area contributed by atoms with Crippen LogP contribution in [0.5, 0.6) is 5.75 Å². The molecule has 0 heterocycles. The van der Waals surface area contributed by atoms with Crippen LogP contribution in [0.1, 0.15) is 29.8 Å². The molecule has 0 aliphatic carbocycles. The van der Waals surface area contributed by atoms with E-state index >= 15 is 0 Å². The Morgan fingerprint density at radius 1 is 1.20 bits per heavy atom. The number of hydrogen-bond acceptors (Lipinski definition) is 5. The Morgan fingerprint density at radius 2 is 1.96 bits per heavy atom. The summed E-state index contributed by atoms with van der Waals surface area (Å²) in [6.07, 6.45) is 0. The standard InChI is InChI=1S/C18H21N3O4/c1-3-19-12-14-7-5-6-8-15(14)20-18(22)13-9-10-17(25-4-2)16(11-13)21(23)24/h5-11,19H,3-4,12H2,1-2H3,(H,20,22). The molecule has 0 radical (unpaired) electrons. The number of rotatable bonds is 8. The van der Waals surface area contributed by atoms with Gasteiger partial charge in [-0.3, -0.25) is 14.9 Å². The van der Waals surface area contributed by atoms with Crippen LogP contribution in [0.25, 0.3) is 0 Å². The summed E-state index contributed by atoms with van der Waals surface area (Å²) in [5.74, 6) is -0.258. The Kier molecular flexibility index (Phi) is 6.47. The molecule has 0 saturated carbocycles. The van der Waals surface area contributed by atoms with Crippen molar-refractivity contribution in [3.63, 3.8) is 0 Å². The van der Waals surface area contributed by atoms with Crippen LogP contribution >= 0.6 is 0 Å². The first kappa shape index (κ1) is 18.4. The van der Waals surface area contributed by atoms with Crippen molar-refractivity contribution in [2.24, 2.45) is 0 Å². The van der Waals surface area contributed by atoms with E-state index in [1.165, 1.54) is 18.2 Å². The second-order valence-electron chi connectivity index (χ2n) is 5.26. The molecule has 7 nitrogen and oxygen atoms in total. The zero-order valence-electron chi connectivity index (χ0n) is 14.2. The van der Waals surface area contributed by atoms with Gasteiger partial charge >= 0.3 is 5.69 Å². The third-order valence-corrected chi connectivity index (χ3v) is 3.55. The van der Waals surface area contributed by atoms with E-state index in [9.17, 15) is 14.9 Å². The molecule has 0 unspecified atom stereocenters. The van der Waals surface area contributed by atoms with Crippen molar-refractivity contribution >= 4 is 17.3 Å². The highest BCUT2D eigenvalue weighted by atomic mass is 16.6. The molecular formula is C18H21N3O4. The maximum absolute atomic E-state index is 12.5. The zero-order valence-corrected chi connectivity index (χ0v) is 14.2. The molecule has 0 atom stereocenters. The van der Waals surface area contributed by atoms with Gasteiger partial charge in [0.25, 0.3) is 5.91 Å². The second-order valence-corrected chi connectivity index (χ2v) is 5.26. The summed E-state index contributed by atoms with van der Waals surface area (Å²) in [6, 6.07) is 11.6. The number of amides is 1. The van der Waals surface area contributed by atoms with Crippen LogP contribution < -0.4 is 15.4 Å². The highest BCUT2D eigenvalue weighted by molar-refractivity contribution is 6.05. The van der Waals surface area contributed by atoms with Crippen LogP contribution in [0.15, 0.2) is 42.5 Å². The van der Waals surface area contributed by atoms with Gasteiger partial charge in [-0.2, -0.15) is 0 Å². The molecule has 0 bridgehead atoms. The summed E-state index contributed by atoms with van der Waals surface area (Å²) < 4.78 is 5.23. The molecule has 0 spiro atoms. The molecule has 2 aromatic rings. The van der Waals surface area contributed by atoms with Gasteiger partial charge in [0, 0.05) is 23.9 Å². The monoisotopic (exact) mass is 343 g/mol. The lowest BCUT2D eigenvalue weighted by atomic mass is 10.1. The van der Waals surface area contributed by atoms with Gasteiger partial charge in [0.2, 0.25) is 0 Å². The van der Waals surface area contributed by atoms with Crippen LogP contribution in [-0.2, 0) is 6.54 Å². The normalized spacial score (nSPS) is 10.3. The fourth-order valence-electron chi connectivity index (χ4n) is 2.33. The molecule has 2 rings (SSSR count). The Labute approximate surface area is 146 Å². The van der Waals surface area contributed by atoms with E-state index in [4.69, 9.17) is 4.74 Å². The van der Waals surface area contributed by atoms with Crippen LogP contribution in [-0.4, -0.2) is 24.0 Å². The van der Waals surface area contributed by atoms with Crippen molar-refractivity contribution in [2.75, 3.05) is 18.5 Å². The Bertz CT molecular complexity index is 762. The SMILES string of the molecule is CCNCc1ccccc1NC(=O)c1ccc(OCC)c([N+](=O)[O-])c1. The van der Waals surface area contributed by atoms with Gasteiger partial charge in [-0.15, -0.1) is 0 Å². The summed E-state index contributed by atoms with van der Waals surface area (Å²) in [4.78, 5) is 23.1. The molecule has 0 aromatic heterocycles. The van der Waals surface area contributed by atoms with Crippen LogP contribution in [0.4, 0.5) is 11.4 Å². The predicted octanol–water partition coefficient (Wildman–Crippen LogP) is 3.36. The highest BCUT2D eigenvalue weighted by Crippen LogP contribution is 2.28. The minimum atomic E-state index is -0.555. The Balaban J connectivity index is 2.24. The molecule has 0 aliphatic rings. The van der Waals surface area contributed by atoms with Crippen molar-refractivity contribution in [3.05, 3.63) is 63.7 Å². The van der Waals surface area contributed by atoms with E-state index in [0.717, 1.165) is 12.1 Å². The Hall–Kier alpha value is -2.93. The lowest BCUT2D eigenvalue weighted by Gasteiger charge is -2.12. The third-order valence-electron chi connectivity index (χ3n) is 3.55. The fraction of sp³-hybridized carbons (Fsp3) is 0.278. The van der Waals surface area contributed by atoms with Crippen molar-refractivity contribution in [1.82, 2.24) is 5.32 Å². The molecule has 2 aromatic carbocycles. The van der Waals surface area contributed by atoms with Gasteiger partial charge in [-0.25, -0.2) is 0 Å². The van der Waals surface area contributed by atoms with Crippen molar-refractivity contribution < 1.29 is 14.5 Å². The van der Waals surface area contributed by atoms with E-state index in [1.807, 2.05) is 25.1 Å². The maximum atomic E-state index is 12.5. The van der Waals surface area contributed by atoms with Gasteiger partial charge < -0.3 is 15.4 Å². The minimum absolute atomic E-state index is 0.150. The quantitative estimate of drug-likeness (QED) is 0.566. The smallest absolute Gasteiger partial charge is 0.311 e. The third kappa shape index (κ3) is 4.77. The number of nitro benzene ring substituents is 1. The largest absolute Gasteiger partial charge is 0.487 e. The number of hydrogen-bond donors (Lipinski definition) is 2. The number of carbonyl (C=O) groups excluding carboxylic acids is 1. The maximum Gasteiger partial charge on any atom is 0.311 e. The number of anilines is 1. The summed E-state index contributed by atoms with van der Waals surface area (Å²) in [7, 11) is 0. The average Bonchev–Trinajstić information content (AvgIpc) is 2.61. The van der Waals surface area contributed by atoms with E-state index in [1.54, 1.807) is 13.0 Å². The van der Waals surface area contributed by atoms with Crippen molar-refractivity contribution in [2.45, 2.75) is 20.4 Å². The van der Waals surface area contributed by atoms with E-state index in [2.05, 4.69) is 10.6 Å². The lowest BCUT2D eigenvalue weighted by molar-refractivity contribution is -0.385. The fourth-order valence-corrected chi connectivity index (χ4v) is 2.33. The number of carbonyl (C=O) groups is 1. The van der Waals surface area contributed by atoms with Gasteiger partial charge in [0.05, 0.1) is 11.5 Å². The number of benzene rings is 2. The number of ether oxygens (including phenoxy) is 1. The lowest BCUT2D eigenvalue weighted by Crippen LogP contribution is -2.17. The zero-order chi connectivity index (χ0) is 18.2. The number of para-hydroxylation sites is 1. The average molecular weight is 343 g/mol. The Morgan fingerprint density at radius 3 is 2.64 bits per heavy atom. The van der Waals surface area contributed by atoms with E-state index < -0.39 is 10.8 Å². The molecule has 0 saturated heterocycles. The molecule has 1 amide bonds.